The van der Waals surface area contributed by atoms with Gasteiger partial charge in [0.2, 0.25) is 0 Å². The zero-order chi connectivity index (χ0) is 17.8. The smallest absolute Gasteiger partial charge is 0.252 e. The van der Waals surface area contributed by atoms with E-state index in [1.54, 1.807) is 35.9 Å². The van der Waals surface area contributed by atoms with Crippen molar-refractivity contribution in [3.63, 3.8) is 0 Å². The van der Waals surface area contributed by atoms with Gasteiger partial charge in [0.25, 0.3) is 5.91 Å². The molecule has 2 aromatic carbocycles. The van der Waals surface area contributed by atoms with Crippen LogP contribution in [0.5, 0.6) is 0 Å². The van der Waals surface area contributed by atoms with Crippen LogP contribution in [0, 0.1) is 0 Å². The van der Waals surface area contributed by atoms with E-state index in [-0.39, 0.29) is 5.91 Å². The standard InChI is InChI=1S/C22H18N2OS/c25-22(18-7-4-11-23-14-18)24-12-10-19-15-26-21-13-17(8-9-20(19)21)16-5-2-1-3-6-16/h1-9,11,13-15H,10,12H2,(H,24,25). The van der Waals surface area contributed by atoms with Gasteiger partial charge in [0.1, 0.15) is 0 Å². The third-order valence-corrected chi connectivity index (χ3v) is 5.36. The molecule has 0 bridgehead atoms. The van der Waals surface area contributed by atoms with Crippen LogP contribution in [0.3, 0.4) is 0 Å². The van der Waals surface area contributed by atoms with Gasteiger partial charge in [-0.15, -0.1) is 11.3 Å². The number of fused-ring (bicyclic) bond motifs is 1. The number of nitrogens with one attached hydrogen (secondary N) is 1. The summed E-state index contributed by atoms with van der Waals surface area (Å²) in [6.07, 6.45) is 4.06. The number of hydrogen-bond donors (Lipinski definition) is 1. The van der Waals surface area contributed by atoms with Gasteiger partial charge in [-0.1, -0.05) is 42.5 Å². The molecule has 128 valence electrons. The van der Waals surface area contributed by atoms with Gasteiger partial charge in [-0.25, -0.2) is 0 Å². The van der Waals surface area contributed by atoms with Crippen LogP contribution in [0.4, 0.5) is 0 Å². The summed E-state index contributed by atoms with van der Waals surface area (Å²) in [5.41, 5.74) is 4.33. The second-order valence-electron chi connectivity index (χ2n) is 6.09. The molecule has 4 aromatic rings. The fourth-order valence-corrected chi connectivity index (χ4v) is 4.03. The van der Waals surface area contributed by atoms with Gasteiger partial charge in [-0.3, -0.25) is 9.78 Å². The van der Waals surface area contributed by atoms with E-state index < -0.39 is 0 Å². The number of carbonyl (C=O) groups is 1. The average molecular weight is 358 g/mol. The van der Waals surface area contributed by atoms with E-state index >= 15 is 0 Å². The number of nitrogens with zero attached hydrogens (tertiary/aromatic N) is 1. The lowest BCUT2D eigenvalue weighted by Gasteiger charge is -2.05. The van der Waals surface area contributed by atoms with E-state index in [0.29, 0.717) is 12.1 Å². The summed E-state index contributed by atoms with van der Waals surface area (Å²) >= 11 is 1.76. The molecule has 0 atom stereocenters. The summed E-state index contributed by atoms with van der Waals surface area (Å²) in [4.78, 5) is 16.1. The first kappa shape index (κ1) is 16.5. The second-order valence-corrected chi connectivity index (χ2v) is 7.00. The van der Waals surface area contributed by atoms with Gasteiger partial charge < -0.3 is 5.32 Å². The molecule has 0 aliphatic rings. The predicted octanol–water partition coefficient (Wildman–Crippen LogP) is 4.94. The summed E-state index contributed by atoms with van der Waals surface area (Å²) in [7, 11) is 0. The largest absolute Gasteiger partial charge is 0.352 e. The zero-order valence-corrected chi connectivity index (χ0v) is 15.0. The molecule has 1 N–H and O–H groups in total. The van der Waals surface area contributed by atoms with E-state index in [0.717, 1.165) is 6.42 Å². The molecule has 1 amide bonds. The van der Waals surface area contributed by atoms with Crippen molar-refractivity contribution in [1.29, 1.82) is 0 Å². The maximum Gasteiger partial charge on any atom is 0.252 e. The Balaban J connectivity index is 1.45. The van der Waals surface area contributed by atoms with Crippen LogP contribution in [0.1, 0.15) is 15.9 Å². The number of aromatic nitrogens is 1. The fraction of sp³-hybridized carbons (Fsp3) is 0.0909. The Morgan fingerprint density at radius 3 is 2.69 bits per heavy atom. The van der Waals surface area contributed by atoms with Crippen molar-refractivity contribution in [1.82, 2.24) is 10.3 Å². The minimum atomic E-state index is -0.0796. The Morgan fingerprint density at radius 1 is 1.00 bits per heavy atom. The molecule has 0 aliphatic carbocycles. The Bertz CT molecular complexity index is 1030. The van der Waals surface area contributed by atoms with Gasteiger partial charge in [0.15, 0.2) is 0 Å². The van der Waals surface area contributed by atoms with Crippen molar-refractivity contribution >= 4 is 27.3 Å². The van der Waals surface area contributed by atoms with Gasteiger partial charge in [0.05, 0.1) is 5.56 Å². The Kier molecular flexibility index (Phi) is 4.75. The van der Waals surface area contributed by atoms with Crippen LogP contribution in [0.15, 0.2) is 78.4 Å². The quantitative estimate of drug-likeness (QED) is 0.549. The van der Waals surface area contributed by atoms with E-state index in [1.165, 1.54) is 26.8 Å². The van der Waals surface area contributed by atoms with E-state index in [1.807, 2.05) is 6.07 Å². The zero-order valence-electron chi connectivity index (χ0n) is 14.2. The Labute approximate surface area is 156 Å². The number of amides is 1. The van der Waals surface area contributed by atoms with Crippen molar-refractivity contribution in [3.05, 3.63) is 89.6 Å². The molecule has 4 heteroatoms. The number of thiophene rings is 1. The van der Waals surface area contributed by atoms with E-state index in [9.17, 15) is 4.79 Å². The van der Waals surface area contributed by atoms with Crippen molar-refractivity contribution in [2.24, 2.45) is 0 Å². The molecule has 0 unspecified atom stereocenters. The van der Waals surface area contributed by atoms with Crippen LogP contribution >= 0.6 is 11.3 Å². The summed E-state index contributed by atoms with van der Waals surface area (Å²) < 4.78 is 1.28. The number of rotatable bonds is 5. The number of pyridine rings is 1. The molecule has 0 fully saturated rings. The second kappa shape index (κ2) is 7.50. The molecule has 0 saturated heterocycles. The Hall–Kier alpha value is -2.98. The van der Waals surface area contributed by atoms with Crippen molar-refractivity contribution in [2.75, 3.05) is 6.54 Å². The van der Waals surface area contributed by atoms with Gasteiger partial charge in [-0.05, 0) is 52.1 Å². The van der Waals surface area contributed by atoms with Crippen LogP contribution < -0.4 is 5.32 Å². The molecule has 2 heterocycles. The summed E-state index contributed by atoms with van der Waals surface area (Å²) in [5.74, 6) is -0.0796. The monoisotopic (exact) mass is 358 g/mol. The number of benzene rings is 2. The summed E-state index contributed by atoms with van der Waals surface area (Å²) in [6.45, 7) is 0.611. The predicted molar refractivity (Wildman–Crippen MR) is 108 cm³/mol. The van der Waals surface area contributed by atoms with Crippen LogP contribution in [0.25, 0.3) is 21.2 Å². The highest BCUT2D eigenvalue weighted by atomic mass is 32.1. The number of hydrogen-bond acceptors (Lipinski definition) is 3. The highest BCUT2D eigenvalue weighted by molar-refractivity contribution is 7.17. The Morgan fingerprint density at radius 2 is 1.88 bits per heavy atom. The lowest BCUT2D eigenvalue weighted by atomic mass is 10.0. The first-order chi connectivity index (χ1) is 12.8. The van der Waals surface area contributed by atoms with Crippen LogP contribution in [0.2, 0.25) is 0 Å². The first-order valence-corrected chi connectivity index (χ1v) is 9.43. The molecule has 0 radical (unpaired) electrons. The molecule has 4 rings (SSSR count). The van der Waals surface area contributed by atoms with Crippen molar-refractivity contribution in [2.45, 2.75) is 6.42 Å². The highest BCUT2D eigenvalue weighted by Crippen LogP contribution is 2.31. The molecule has 0 saturated carbocycles. The molecular formula is C22H18N2OS. The minimum Gasteiger partial charge on any atom is -0.352 e. The van der Waals surface area contributed by atoms with E-state index in [2.05, 4.69) is 58.1 Å². The third kappa shape index (κ3) is 3.51. The number of carbonyl (C=O) groups excluding carboxylic acids is 1. The van der Waals surface area contributed by atoms with Gasteiger partial charge in [-0.2, -0.15) is 0 Å². The summed E-state index contributed by atoms with van der Waals surface area (Å²) in [6, 6.07) is 20.5. The van der Waals surface area contributed by atoms with Crippen molar-refractivity contribution in [3.8, 4) is 11.1 Å². The third-order valence-electron chi connectivity index (χ3n) is 4.37. The molecule has 0 aliphatic heterocycles. The highest BCUT2D eigenvalue weighted by Gasteiger charge is 2.08. The molecule has 2 aromatic heterocycles. The average Bonchev–Trinajstić information content (AvgIpc) is 3.11. The molecule has 0 spiro atoms. The van der Waals surface area contributed by atoms with Crippen LogP contribution in [-0.2, 0) is 6.42 Å². The maximum absolute atomic E-state index is 12.1. The van der Waals surface area contributed by atoms with Gasteiger partial charge >= 0.3 is 0 Å². The first-order valence-electron chi connectivity index (χ1n) is 8.55. The molecule has 26 heavy (non-hydrogen) atoms. The SMILES string of the molecule is O=C(NCCc1csc2cc(-c3ccccc3)ccc12)c1cccnc1. The van der Waals surface area contributed by atoms with Crippen LogP contribution in [-0.4, -0.2) is 17.4 Å². The molecular weight excluding hydrogens is 340 g/mol. The van der Waals surface area contributed by atoms with Crippen molar-refractivity contribution < 1.29 is 4.79 Å². The lowest BCUT2D eigenvalue weighted by Crippen LogP contribution is -2.25. The summed E-state index contributed by atoms with van der Waals surface area (Å²) in [5, 5.41) is 6.42. The van der Waals surface area contributed by atoms with Gasteiger partial charge in [0, 0.05) is 23.6 Å². The van der Waals surface area contributed by atoms with E-state index in [4.69, 9.17) is 0 Å². The maximum atomic E-state index is 12.1. The normalized spacial score (nSPS) is 10.8. The topological polar surface area (TPSA) is 42.0 Å². The lowest BCUT2D eigenvalue weighted by molar-refractivity contribution is 0.0954. The molecule has 3 nitrogen and oxygen atoms in total. The minimum absolute atomic E-state index is 0.0796. The fourth-order valence-electron chi connectivity index (χ4n) is 3.00.